The van der Waals surface area contributed by atoms with E-state index < -0.39 is 0 Å². The van der Waals surface area contributed by atoms with Gasteiger partial charge in [0, 0.05) is 49.7 Å². The fourth-order valence-electron chi connectivity index (χ4n) is 9.28. The summed E-state index contributed by atoms with van der Waals surface area (Å²) in [6.07, 6.45) is 0. The molecule has 0 saturated carbocycles. The number of nitrogens with zero attached hydrogens (tertiary/aromatic N) is 4. The maximum atomic E-state index is 6.65. The molecule has 0 N–H and O–H groups in total. The molecule has 5 nitrogen and oxygen atoms in total. The van der Waals surface area contributed by atoms with E-state index in [-0.39, 0.29) is 0 Å². The number of hydrogen-bond donors (Lipinski definition) is 0. The molecular weight excluding hydrogens is 733 g/mol. The zero-order valence-corrected chi connectivity index (χ0v) is 32.2. The van der Waals surface area contributed by atoms with Crippen LogP contribution in [0.4, 0.5) is 0 Å². The molecule has 0 aliphatic rings. The average molecular weight is 765 g/mol. The van der Waals surface area contributed by atoms with Crippen LogP contribution in [0, 0.1) is 0 Å². The SMILES string of the molecule is c1ccc2cc(-c3nc(-c4ccc5ccccc5c4)nc(-c4ccc5c(c4)c(-n4c6ccccc6c6cc7ccccc7cc64)cc4oc6ccccc6c45)n3)ccc2c1. The topological polar surface area (TPSA) is 56.7 Å². The summed E-state index contributed by atoms with van der Waals surface area (Å²) < 4.78 is 9.06. The maximum absolute atomic E-state index is 6.65. The minimum Gasteiger partial charge on any atom is -0.456 e. The second kappa shape index (κ2) is 12.7. The number of fused-ring (bicyclic) bond motifs is 11. The Labute approximate surface area is 343 Å². The smallest absolute Gasteiger partial charge is 0.164 e. The molecule has 0 amide bonds. The summed E-state index contributed by atoms with van der Waals surface area (Å²) in [5, 5.41) is 13.8. The van der Waals surface area contributed by atoms with Gasteiger partial charge in [0.2, 0.25) is 0 Å². The van der Waals surface area contributed by atoms with Crippen LogP contribution < -0.4 is 0 Å². The molecule has 0 atom stereocenters. The van der Waals surface area contributed by atoms with E-state index in [0.717, 1.165) is 76.9 Å². The van der Waals surface area contributed by atoms with E-state index in [0.29, 0.717) is 17.5 Å². The molecule has 10 aromatic carbocycles. The summed E-state index contributed by atoms with van der Waals surface area (Å²) in [5.41, 5.74) is 7.76. The lowest BCUT2D eigenvalue weighted by molar-refractivity contribution is 0.669. The fraction of sp³-hybridized carbons (Fsp3) is 0. The van der Waals surface area contributed by atoms with Crippen LogP contribution in [0.25, 0.3) is 127 Å². The Hall–Kier alpha value is -8.15. The van der Waals surface area contributed by atoms with Gasteiger partial charge in [-0.1, -0.05) is 146 Å². The highest BCUT2D eigenvalue weighted by molar-refractivity contribution is 6.22. The van der Waals surface area contributed by atoms with Crippen molar-refractivity contribution in [3.8, 4) is 39.9 Å². The van der Waals surface area contributed by atoms with Crippen LogP contribution in [0.5, 0.6) is 0 Å². The van der Waals surface area contributed by atoms with Crippen molar-refractivity contribution in [1.82, 2.24) is 19.5 Å². The van der Waals surface area contributed by atoms with Gasteiger partial charge in [-0.05, 0) is 80.2 Å². The van der Waals surface area contributed by atoms with Gasteiger partial charge in [0.05, 0.1) is 16.7 Å². The number of benzene rings is 10. The zero-order chi connectivity index (χ0) is 39.3. The van der Waals surface area contributed by atoms with Crippen LogP contribution in [-0.4, -0.2) is 19.5 Å². The Bertz CT molecular complexity index is 3820. The van der Waals surface area contributed by atoms with E-state index in [1.54, 1.807) is 0 Å². The molecule has 0 spiro atoms. The molecule has 3 aromatic heterocycles. The van der Waals surface area contributed by atoms with Crippen LogP contribution in [-0.2, 0) is 0 Å². The predicted molar refractivity (Wildman–Crippen MR) is 248 cm³/mol. The molecule has 278 valence electrons. The average Bonchev–Trinajstić information content (AvgIpc) is 3.85. The Kier molecular flexibility index (Phi) is 6.95. The molecule has 13 aromatic rings. The summed E-state index contributed by atoms with van der Waals surface area (Å²) >= 11 is 0. The second-order valence-electron chi connectivity index (χ2n) is 15.6. The van der Waals surface area contributed by atoms with Gasteiger partial charge in [0.25, 0.3) is 0 Å². The second-order valence-corrected chi connectivity index (χ2v) is 15.6. The quantitative estimate of drug-likeness (QED) is 0.179. The highest BCUT2D eigenvalue weighted by atomic mass is 16.3. The van der Waals surface area contributed by atoms with Gasteiger partial charge in [-0.25, -0.2) is 15.0 Å². The van der Waals surface area contributed by atoms with E-state index in [2.05, 4.69) is 193 Å². The third kappa shape index (κ3) is 5.03. The van der Waals surface area contributed by atoms with Gasteiger partial charge in [-0.3, -0.25) is 0 Å². The Morgan fingerprint density at radius 1 is 0.317 bits per heavy atom. The Balaban J connectivity index is 1.11. The van der Waals surface area contributed by atoms with Gasteiger partial charge in [0.15, 0.2) is 17.5 Å². The first kappa shape index (κ1) is 32.9. The van der Waals surface area contributed by atoms with Gasteiger partial charge in [-0.15, -0.1) is 0 Å². The van der Waals surface area contributed by atoms with Crippen molar-refractivity contribution in [2.75, 3.05) is 0 Å². The number of hydrogen-bond acceptors (Lipinski definition) is 4. The normalized spacial score (nSPS) is 12.0. The lowest BCUT2D eigenvalue weighted by Crippen LogP contribution is -2.01. The molecule has 0 unspecified atom stereocenters. The number of para-hydroxylation sites is 2. The Morgan fingerprint density at radius 3 is 1.50 bits per heavy atom. The lowest BCUT2D eigenvalue weighted by Gasteiger charge is -2.15. The van der Waals surface area contributed by atoms with E-state index in [4.69, 9.17) is 19.4 Å². The highest BCUT2D eigenvalue weighted by Crippen LogP contribution is 2.43. The van der Waals surface area contributed by atoms with Crippen LogP contribution in [0.1, 0.15) is 0 Å². The molecular formula is C55H32N4O. The first-order chi connectivity index (χ1) is 29.7. The first-order valence-electron chi connectivity index (χ1n) is 20.3. The van der Waals surface area contributed by atoms with Crippen LogP contribution in [0.2, 0.25) is 0 Å². The van der Waals surface area contributed by atoms with Crippen molar-refractivity contribution < 1.29 is 4.42 Å². The van der Waals surface area contributed by atoms with E-state index in [1.807, 2.05) is 6.07 Å². The number of furan rings is 1. The fourth-order valence-corrected chi connectivity index (χ4v) is 9.28. The van der Waals surface area contributed by atoms with Crippen molar-refractivity contribution in [1.29, 1.82) is 0 Å². The minimum atomic E-state index is 0.606. The molecule has 0 aliphatic heterocycles. The van der Waals surface area contributed by atoms with Crippen LogP contribution in [0.15, 0.2) is 199 Å². The van der Waals surface area contributed by atoms with Gasteiger partial charge < -0.3 is 8.98 Å². The summed E-state index contributed by atoms with van der Waals surface area (Å²) in [6.45, 7) is 0. The molecule has 0 radical (unpaired) electrons. The van der Waals surface area contributed by atoms with E-state index in [1.165, 1.54) is 32.3 Å². The van der Waals surface area contributed by atoms with Crippen LogP contribution >= 0.6 is 0 Å². The molecule has 5 heteroatoms. The standard InChI is InChI=1S/C55H32N4O/c1-3-13-35-27-39(23-21-33(35)11-1)53-56-54(40-24-22-34-12-2-4-14-36(34)28-40)58-55(57-53)41-25-26-43-46(30-41)49(32-51-52(43)44-18-8-10-20-50(44)60-51)59-47-19-9-7-17-42(47)45-29-37-15-5-6-16-38(37)31-48(45)59/h1-32H. The van der Waals surface area contributed by atoms with E-state index >= 15 is 0 Å². The summed E-state index contributed by atoms with van der Waals surface area (Å²) in [6, 6.07) is 68.7. The highest BCUT2D eigenvalue weighted by Gasteiger charge is 2.21. The summed E-state index contributed by atoms with van der Waals surface area (Å²) in [4.78, 5) is 15.7. The molecule has 3 heterocycles. The third-order valence-corrected chi connectivity index (χ3v) is 12.1. The monoisotopic (exact) mass is 764 g/mol. The molecule has 60 heavy (non-hydrogen) atoms. The number of rotatable bonds is 4. The molecule has 0 bridgehead atoms. The molecule has 13 rings (SSSR count). The van der Waals surface area contributed by atoms with Gasteiger partial charge in [-0.2, -0.15) is 0 Å². The van der Waals surface area contributed by atoms with Crippen molar-refractivity contribution in [2.45, 2.75) is 0 Å². The number of aromatic nitrogens is 4. The summed E-state index contributed by atoms with van der Waals surface area (Å²) in [5.74, 6) is 1.86. The van der Waals surface area contributed by atoms with Crippen LogP contribution in [0.3, 0.4) is 0 Å². The first-order valence-corrected chi connectivity index (χ1v) is 20.3. The zero-order valence-electron chi connectivity index (χ0n) is 32.2. The van der Waals surface area contributed by atoms with Gasteiger partial charge >= 0.3 is 0 Å². The van der Waals surface area contributed by atoms with E-state index in [9.17, 15) is 0 Å². The third-order valence-electron chi connectivity index (χ3n) is 12.1. The van der Waals surface area contributed by atoms with Crippen molar-refractivity contribution >= 4 is 86.8 Å². The molecule has 0 fully saturated rings. The molecule has 0 aliphatic carbocycles. The van der Waals surface area contributed by atoms with Crippen molar-refractivity contribution in [2.24, 2.45) is 0 Å². The minimum absolute atomic E-state index is 0.606. The lowest BCUT2D eigenvalue weighted by atomic mass is 9.99. The van der Waals surface area contributed by atoms with Gasteiger partial charge in [0.1, 0.15) is 11.2 Å². The molecule has 0 saturated heterocycles. The Morgan fingerprint density at radius 2 is 0.833 bits per heavy atom. The largest absolute Gasteiger partial charge is 0.456 e. The van der Waals surface area contributed by atoms with Crippen molar-refractivity contribution in [3.05, 3.63) is 194 Å². The van der Waals surface area contributed by atoms with Crippen molar-refractivity contribution in [3.63, 3.8) is 0 Å². The predicted octanol–water partition coefficient (Wildman–Crippen LogP) is 14.5. The summed E-state index contributed by atoms with van der Waals surface area (Å²) in [7, 11) is 0. The maximum Gasteiger partial charge on any atom is 0.164 e.